The number of nitrogens with two attached hydrogens (primary N) is 1. The Labute approximate surface area is 109 Å². The summed E-state index contributed by atoms with van der Waals surface area (Å²) >= 11 is 0. The van der Waals surface area contributed by atoms with E-state index in [0.717, 1.165) is 37.8 Å². The normalized spacial score (nSPS) is 24.1. The second-order valence-corrected chi connectivity index (χ2v) is 5.51. The molecule has 0 saturated carbocycles. The number of benzene rings is 1. The minimum atomic E-state index is 0.531. The zero-order valence-corrected chi connectivity index (χ0v) is 10.8. The van der Waals surface area contributed by atoms with E-state index in [-0.39, 0.29) is 0 Å². The van der Waals surface area contributed by atoms with Gasteiger partial charge in [0.2, 0.25) is 0 Å². The molecule has 3 rings (SSSR count). The van der Waals surface area contributed by atoms with Crippen LogP contribution in [0.1, 0.15) is 36.4 Å². The van der Waals surface area contributed by atoms with Gasteiger partial charge in [0, 0.05) is 24.9 Å². The van der Waals surface area contributed by atoms with Crippen LogP contribution in [0.25, 0.3) is 0 Å². The van der Waals surface area contributed by atoms with Crippen molar-refractivity contribution in [2.24, 2.45) is 5.92 Å². The molecule has 1 aliphatic heterocycles. The van der Waals surface area contributed by atoms with E-state index in [1.807, 2.05) is 6.07 Å². The summed E-state index contributed by atoms with van der Waals surface area (Å²) in [5.74, 6) is 0.789. The molecule has 18 heavy (non-hydrogen) atoms. The molecule has 0 spiro atoms. The topological polar surface area (TPSA) is 47.3 Å². The van der Waals surface area contributed by atoms with E-state index in [9.17, 15) is 0 Å². The first-order valence-corrected chi connectivity index (χ1v) is 7.02. The predicted molar refractivity (Wildman–Crippen MR) is 73.5 cm³/mol. The SMILES string of the molecule is Nc1ccc2c(c1)CCC2NCC1CCOCC1. The number of hydrogen-bond acceptors (Lipinski definition) is 3. The number of anilines is 1. The molecule has 0 radical (unpaired) electrons. The van der Waals surface area contributed by atoms with Gasteiger partial charge in [-0.3, -0.25) is 0 Å². The molecule has 1 aromatic rings. The molecule has 3 nitrogen and oxygen atoms in total. The fraction of sp³-hybridized carbons (Fsp3) is 0.600. The van der Waals surface area contributed by atoms with Crippen molar-refractivity contribution in [3.63, 3.8) is 0 Å². The fourth-order valence-corrected chi connectivity index (χ4v) is 3.11. The molecule has 3 heteroatoms. The van der Waals surface area contributed by atoms with Gasteiger partial charge in [0.05, 0.1) is 0 Å². The van der Waals surface area contributed by atoms with Crippen molar-refractivity contribution in [3.05, 3.63) is 29.3 Å². The monoisotopic (exact) mass is 246 g/mol. The van der Waals surface area contributed by atoms with E-state index in [1.165, 1.54) is 30.4 Å². The van der Waals surface area contributed by atoms with Crippen LogP contribution in [0.15, 0.2) is 18.2 Å². The summed E-state index contributed by atoms with van der Waals surface area (Å²) in [5.41, 5.74) is 9.61. The summed E-state index contributed by atoms with van der Waals surface area (Å²) in [7, 11) is 0. The Kier molecular flexibility index (Phi) is 3.52. The molecule has 1 saturated heterocycles. The quantitative estimate of drug-likeness (QED) is 0.804. The fourth-order valence-electron chi connectivity index (χ4n) is 3.11. The van der Waals surface area contributed by atoms with E-state index in [1.54, 1.807) is 0 Å². The Morgan fingerprint density at radius 1 is 1.22 bits per heavy atom. The standard InChI is InChI=1S/C15H22N2O/c16-13-2-3-14-12(9-13)1-4-15(14)17-10-11-5-7-18-8-6-11/h2-3,9,11,15,17H,1,4-8,10,16H2. The highest BCUT2D eigenvalue weighted by atomic mass is 16.5. The summed E-state index contributed by atoms with van der Waals surface area (Å²) in [5, 5.41) is 3.73. The Morgan fingerprint density at radius 3 is 2.89 bits per heavy atom. The van der Waals surface area contributed by atoms with Crippen molar-refractivity contribution in [1.82, 2.24) is 5.32 Å². The second kappa shape index (κ2) is 5.29. The van der Waals surface area contributed by atoms with Gasteiger partial charge in [0.1, 0.15) is 0 Å². The van der Waals surface area contributed by atoms with Gasteiger partial charge >= 0.3 is 0 Å². The lowest BCUT2D eigenvalue weighted by atomic mass is 9.99. The Balaban J connectivity index is 1.59. The summed E-state index contributed by atoms with van der Waals surface area (Å²) in [4.78, 5) is 0. The van der Waals surface area contributed by atoms with E-state index in [0.29, 0.717) is 6.04 Å². The van der Waals surface area contributed by atoms with Crippen LogP contribution in [0.3, 0.4) is 0 Å². The molecule has 98 valence electrons. The van der Waals surface area contributed by atoms with Crippen molar-refractivity contribution in [1.29, 1.82) is 0 Å². The van der Waals surface area contributed by atoms with Gasteiger partial charge in [0.15, 0.2) is 0 Å². The van der Waals surface area contributed by atoms with Crippen LogP contribution in [0.4, 0.5) is 5.69 Å². The first kappa shape index (κ1) is 12.0. The number of fused-ring (bicyclic) bond motifs is 1. The zero-order valence-electron chi connectivity index (χ0n) is 10.8. The molecule has 2 aliphatic rings. The highest BCUT2D eigenvalue weighted by Crippen LogP contribution is 2.32. The number of rotatable bonds is 3. The van der Waals surface area contributed by atoms with Gasteiger partial charge in [-0.1, -0.05) is 6.07 Å². The third kappa shape index (κ3) is 2.52. The van der Waals surface area contributed by atoms with Gasteiger partial charge in [-0.2, -0.15) is 0 Å². The van der Waals surface area contributed by atoms with E-state index in [2.05, 4.69) is 17.4 Å². The van der Waals surface area contributed by atoms with Crippen molar-refractivity contribution in [2.45, 2.75) is 31.7 Å². The number of nitrogen functional groups attached to an aromatic ring is 1. The smallest absolute Gasteiger partial charge is 0.0469 e. The van der Waals surface area contributed by atoms with Crippen LogP contribution in [-0.4, -0.2) is 19.8 Å². The number of aryl methyl sites for hydroxylation is 1. The van der Waals surface area contributed by atoms with Crippen molar-refractivity contribution in [3.8, 4) is 0 Å². The number of hydrogen-bond donors (Lipinski definition) is 2. The summed E-state index contributed by atoms with van der Waals surface area (Å²) in [6.45, 7) is 2.99. The van der Waals surface area contributed by atoms with Crippen LogP contribution in [0, 0.1) is 5.92 Å². The van der Waals surface area contributed by atoms with Gasteiger partial charge in [-0.15, -0.1) is 0 Å². The highest BCUT2D eigenvalue weighted by molar-refractivity contribution is 5.47. The van der Waals surface area contributed by atoms with Crippen molar-refractivity contribution in [2.75, 3.05) is 25.5 Å². The van der Waals surface area contributed by atoms with Crippen LogP contribution in [0.2, 0.25) is 0 Å². The molecule has 0 aromatic heterocycles. The Bertz CT molecular complexity index is 413. The van der Waals surface area contributed by atoms with Crippen molar-refractivity contribution < 1.29 is 4.74 Å². The molecule has 0 amide bonds. The molecular formula is C15H22N2O. The first-order chi connectivity index (χ1) is 8.83. The van der Waals surface area contributed by atoms with E-state index in [4.69, 9.17) is 10.5 Å². The molecule has 1 heterocycles. The molecule has 1 atom stereocenters. The van der Waals surface area contributed by atoms with Crippen LogP contribution < -0.4 is 11.1 Å². The summed E-state index contributed by atoms with van der Waals surface area (Å²) in [6.07, 6.45) is 4.77. The molecule has 0 bridgehead atoms. The lowest BCUT2D eigenvalue weighted by Gasteiger charge is -2.24. The minimum Gasteiger partial charge on any atom is -0.399 e. The molecular weight excluding hydrogens is 224 g/mol. The maximum Gasteiger partial charge on any atom is 0.0469 e. The molecule has 1 aliphatic carbocycles. The van der Waals surface area contributed by atoms with Crippen LogP contribution >= 0.6 is 0 Å². The van der Waals surface area contributed by atoms with Gasteiger partial charge in [-0.25, -0.2) is 0 Å². The molecule has 1 fully saturated rings. The first-order valence-electron chi connectivity index (χ1n) is 7.02. The lowest BCUT2D eigenvalue weighted by molar-refractivity contribution is 0.0654. The van der Waals surface area contributed by atoms with Gasteiger partial charge in [0.25, 0.3) is 0 Å². The van der Waals surface area contributed by atoms with Crippen LogP contribution in [-0.2, 0) is 11.2 Å². The maximum absolute atomic E-state index is 5.83. The zero-order chi connectivity index (χ0) is 12.4. The van der Waals surface area contributed by atoms with Gasteiger partial charge in [-0.05, 0) is 61.4 Å². The second-order valence-electron chi connectivity index (χ2n) is 5.51. The summed E-state index contributed by atoms with van der Waals surface area (Å²) in [6, 6.07) is 6.88. The molecule has 1 aromatic carbocycles. The third-order valence-electron chi connectivity index (χ3n) is 4.24. The Morgan fingerprint density at radius 2 is 2.06 bits per heavy atom. The van der Waals surface area contributed by atoms with E-state index < -0.39 is 0 Å². The minimum absolute atomic E-state index is 0.531. The average molecular weight is 246 g/mol. The molecule has 1 unspecified atom stereocenters. The number of ether oxygens (including phenoxy) is 1. The average Bonchev–Trinajstić information content (AvgIpc) is 2.80. The lowest BCUT2D eigenvalue weighted by Crippen LogP contribution is -2.29. The number of nitrogens with one attached hydrogen (secondary N) is 1. The molecule has 3 N–H and O–H groups in total. The third-order valence-corrected chi connectivity index (χ3v) is 4.24. The van der Waals surface area contributed by atoms with Crippen LogP contribution in [0.5, 0.6) is 0 Å². The Hall–Kier alpha value is -1.06. The predicted octanol–water partition coefficient (Wildman–Crippen LogP) is 2.27. The maximum atomic E-state index is 5.83. The summed E-state index contributed by atoms with van der Waals surface area (Å²) < 4.78 is 5.40. The van der Waals surface area contributed by atoms with E-state index >= 15 is 0 Å². The van der Waals surface area contributed by atoms with Crippen molar-refractivity contribution >= 4 is 5.69 Å². The largest absolute Gasteiger partial charge is 0.399 e. The highest BCUT2D eigenvalue weighted by Gasteiger charge is 2.23. The van der Waals surface area contributed by atoms with Gasteiger partial charge < -0.3 is 15.8 Å².